The Labute approximate surface area is 116 Å². The molecular formula is C10H16N4O5S. The van der Waals surface area contributed by atoms with Crippen molar-refractivity contribution in [3.8, 4) is 11.8 Å². The number of carbonyl (C=O) groups excluding carboxylic acids is 1. The predicted octanol–water partition coefficient (Wildman–Crippen LogP) is -0.534. The van der Waals surface area contributed by atoms with Gasteiger partial charge in [0.2, 0.25) is 17.6 Å². The van der Waals surface area contributed by atoms with Crippen LogP contribution < -0.4 is 18.9 Å². The summed E-state index contributed by atoms with van der Waals surface area (Å²) >= 11 is 0. The lowest BCUT2D eigenvalue weighted by Crippen LogP contribution is -2.43. The molecule has 1 rings (SSSR count). The molecule has 1 amide bonds. The second-order valence-corrected chi connectivity index (χ2v) is 5.43. The van der Waals surface area contributed by atoms with Gasteiger partial charge in [-0.25, -0.2) is 4.72 Å². The van der Waals surface area contributed by atoms with E-state index in [-0.39, 0.29) is 23.6 Å². The van der Waals surface area contributed by atoms with Crippen LogP contribution in [-0.4, -0.2) is 44.6 Å². The summed E-state index contributed by atoms with van der Waals surface area (Å²) in [6.45, 7) is 3.24. The highest BCUT2D eigenvalue weighted by atomic mass is 32.2. The zero-order valence-corrected chi connectivity index (χ0v) is 12.3. The van der Waals surface area contributed by atoms with Gasteiger partial charge >= 0.3 is 16.1 Å². The zero-order chi connectivity index (χ0) is 15.3. The Hall–Kier alpha value is -1.94. The van der Waals surface area contributed by atoms with Crippen molar-refractivity contribution < 1.29 is 22.7 Å². The molecule has 0 fully saturated rings. The van der Waals surface area contributed by atoms with Gasteiger partial charge in [0.05, 0.1) is 20.3 Å². The minimum atomic E-state index is -3.98. The largest absolute Gasteiger partial charge is 0.481 e. The molecule has 0 saturated heterocycles. The topological polar surface area (TPSA) is 120 Å². The summed E-state index contributed by atoms with van der Waals surface area (Å²) in [4.78, 5) is 19.3. The third kappa shape index (κ3) is 4.63. The Balaban J connectivity index is 2.98. The molecule has 0 saturated carbocycles. The van der Waals surface area contributed by atoms with Gasteiger partial charge in [0.25, 0.3) is 0 Å². The molecule has 1 heterocycles. The van der Waals surface area contributed by atoms with E-state index in [9.17, 15) is 13.2 Å². The summed E-state index contributed by atoms with van der Waals surface area (Å²) < 4.78 is 36.9. The van der Waals surface area contributed by atoms with Gasteiger partial charge in [-0.1, -0.05) is 0 Å². The molecule has 0 aliphatic heterocycles. The van der Waals surface area contributed by atoms with Gasteiger partial charge < -0.3 is 9.47 Å². The van der Waals surface area contributed by atoms with Crippen LogP contribution in [0.3, 0.4) is 0 Å². The fourth-order valence-electron chi connectivity index (χ4n) is 1.22. The van der Waals surface area contributed by atoms with Crippen LogP contribution in [0, 0.1) is 0 Å². The first-order valence-corrected chi connectivity index (χ1v) is 7.07. The van der Waals surface area contributed by atoms with Crippen LogP contribution in [0.1, 0.15) is 24.5 Å². The second kappa shape index (κ2) is 6.48. The van der Waals surface area contributed by atoms with Crippen molar-refractivity contribution in [1.82, 2.24) is 19.4 Å². The van der Waals surface area contributed by atoms with E-state index in [0.29, 0.717) is 0 Å². The van der Waals surface area contributed by atoms with Gasteiger partial charge in [0, 0.05) is 6.04 Å². The normalized spacial score (nSPS) is 11.2. The van der Waals surface area contributed by atoms with E-state index in [1.54, 1.807) is 18.6 Å². The Bertz CT molecular complexity index is 565. The maximum absolute atomic E-state index is 11.8. The first-order valence-electron chi connectivity index (χ1n) is 5.59. The number of hydrogen-bond acceptors (Lipinski definition) is 7. The van der Waals surface area contributed by atoms with E-state index in [1.165, 1.54) is 20.3 Å². The van der Waals surface area contributed by atoms with Crippen LogP contribution in [0.15, 0.2) is 6.07 Å². The molecule has 112 valence electrons. The number of rotatable bonds is 6. The number of methoxy groups -OCH3 is 2. The monoisotopic (exact) mass is 304 g/mol. The van der Waals surface area contributed by atoms with Crippen LogP contribution in [0.4, 0.5) is 0 Å². The van der Waals surface area contributed by atoms with Gasteiger partial charge in [-0.3, -0.25) is 4.79 Å². The van der Waals surface area contributed by atoms with Gasteiger partial charge in [-0.05, 0) is 13.8 Å². The number of ether oxygens (including phenoxy) is 2. The molecule has 0 aliphatic carbocycles. The smallest absolute Gasteiger partial charge is 0.303 e. The van der Waals surface area contributed by atoms with Crippen molar-refractivity contribution in [2.75, 3.05) is 14.2 Å². The molecule has 20 heavy (non-hydrogen) atoms. The summed E-state index contributed by atoms with van der Waals surface area (Å²) in [7, 11) is -1.28. The highest BCUT2D eigenvalue weighted by Gasteiger charge is 2.20. The summed E-state index contributed by atoms with van der Waals surface area (Å²) in [5.74, 6) is -1.21. The molecular weight excluding hydrogens is 288 g/mol. The van der Waals surface area contributed by atoms with Gasteiger partial charge in [0.1, 0.15) is 0 Å². The van der Waals surface area contributed by atoms with E-state index in [4.69, 9.17) is 9.47 Å². The Morgan fingerprint density at radius 1 is 1.20 bits per heavy atom. The van der Waals surface area contributed by atoms with Crippen LogP contribution in [0.2, 0.25) is 0 Å². The van der Waals surface area contributed by atoms with E-state index in [0.717, 1.165) is 0 Å². The second-order valence-electron chi connectivity index (χ2n) is 3.98. The number of nitrogens with zero attached hydrogens (tertiary/aromatic N) is 2. The van der Waals surface area contributed by atoms with Crippen molar-refractivity contribution in [3.63, 3.8) is 0 Å². The molecule has 0 aromatic carbocycles. The Morgan fingerprint density at radius 2 is 1.70 bits per heavy atom. The summed E-state index contributed by atoms with van der Waals surface area (Å²) in [6, 6.07) is 0.999. The number of nitrogens with one attached hydrogen (secondary N) is 2. The number of amides is 1. The molecule has 9 nitrogen and oxygen atoms in total. The Morgan fingerprint density at radius 3 is 2.10 bits per heavy atom. The van der Waals surface area contributed by atoms with Crippen molar-refractivity contribution in [2.24, 2.45) is 0 Å². The van der Waals surface area contributed by atoms with Crippen LogP contribution >= 0.6 is 0 Å². The first-order chi connectivity index (χ1) is 9.27. The molecule has 0 radical (unpaired) electrons. The number of hydrogen-bond donors (Lipinski definition) is 2. The predicted molar refractivity (Wildman–Crippen MR) is 69.8 cm³/mol. The van der Waals surface area contributed by atoms with Gasteiger partial charge in [-0.15, -0.1) is 0 Å². The average Bonchev–Trinajstić information content (AvgIpc) is 2.35. The average molecular weight is 304 g/mol. The molecule has 1 aromatic heterocycles. The molecule has 0 unspecified atom stereocenters. The van der Waals surface area contributed by atoms with Crippen LogP contribution in [0.5, 0.6) is 11.8 Å². The number of aromatic nitrogens is 2. The first kappa shape index (κ1) is 16.1. The van der Waals surface area contributed by atoms with Crippen molar-refractivity contribution in [1.29, 1.82) is 0 Å². The molecule has 10 heteroatoms. The summed E-state index contributed by atoms with van der Waals surface area (Å²) in [5, 5.41) is 0. The third-order valence-electron chi connectivity index (χ3n) is 1.92. The maximum Gasteiger partial charge on any atom is 0.303 e. The van der Waals surface area contributed by atoms with Crippen molar-refractivity contribution >= 4 is 16.1 Å². The zero-order valence-electron chi connectivity index (χ0n) is 11.5. The van der Waals surface area contributed by atoms with Crippen molar-refractivity contribution in [3.05, 3.63) is 11.9 Å². The van der Waals surface area contributed by atoms with Gasteiger partial charge in [0.15, 0.2) is 0 Å². The fraction of sp³-hybridized carbons (Fsp3) is 0.500. The minimum absolute atomic E-state index is 0.0798. The lowest BCUT2D eigenvalue weighted by Gasteiger charge is -2.10. The summed E-state index contributed by atoms with van der Waals surface area (Å²) in [6.07, 6.45) is 0. The maximum atomic E-state index is 11.8. The van der Waals surface area contributed by atoms with Crippen molar-refractivity contribution in [2.45, 2.75) is 19.9 Å². The number of carbonyl (C=O) groups is 1. The highest BCUT2D eigenvalue weighted by molar-refractivity contribution is 7.88. The Kier molecular flexibility index (Phi) is 5.22. The van der Waals surface area contributed by atoms with E-state index >= 15 is 0 Å². The lowest BCUT2D eigenvalue weighted by atomic mass is 10.4. The highest BCUT2D eigenvalue weighted by Crippen LogP contribution is 2.14. The molecule has 2 N–H and O–H groups in total. The molecule has 0 bridgehead atoms. The SMILES string of the molecule is COc1cc(OC)nc(C(=O)NS(=O)(=O)NC(C)C)n1. The molecule has 0 spiro atoms. The molecule has 0 atom stereocenters. The molecule has 1 aromatic rings. The van der Waals surface area contributed by atoms with E-state index in [1.807, 2.05) is 0 Å². The lowest BCUT2D eigenvalue weighted by molar-refractivity contribution is 0.0968. The van der Waals surface area contributed by atoms with Crippen LogP contribution in [-0.2, 0) is 10.2 Å². The van der Waals surface area contributed by atoms with Gasteiger partial charge in [-0.2, -0.15) is 23.1 Å². The third-order valence-corrected chi connectivity index (χ3v) is 3.15. The standard InChI is InChI=1S/C10H16N4O5S/c1-6(2)13-20(16,17)14-10(15)9-11-7(18-3)5-8(12-9)19-4/h5-6,13H,1-4H3,(H,14,15). The molecule has 0 aliphatic rings. The minimum Gasteiger partial charge on any atom is -0.481 e. The quantitative estimate of drug-likeness (QED) is 0.724. The fourth-order valence-corrected chi connectivity index (χ4v) is 2.24. The summed E-state index contributed by atoms with van der Waals surface area (Å²) in [5.41, 5.74) is 0. The van der Waals surface area contributed by atoms with E-state index in [2.05, 4.69) is 14.7 Å². The van der Waals surface area contributed by atoms with Crippen LogP contribution in [0.25, 0.3) is 0 Å². The van der Waals surface area contributed by atoms with E-state index < -0.39 is 16.1 Å².